The number of benzene rings is 3. The number of carbonyl (C=O) groups excluding carboxylic acids is 2. The van der Waals surface area contributed by atoms with E-state index in [9.17, 15) is 22.4 Å². The van der Waals surface area contributed by atoms with Gasteiger partial charge in [-0.1, -0.05) is 43.1 Å². The molecule has 3 aromatic carbocycles. The second-order valence-corrected chi connectivity index (χ2v) is 12.6. The Morgan fingerprint density at radius 1 is 0.932 bits per heavy atom. The summed E-state index contributed by atoms with van der Waals surface area (Å²) >= 11 is 12.9. The van der Waals surface area contributed by atoms with Crippen LogP contribution < -0.4 is 19.1 Å². The molecule has 13 heteroatoms. The van der Waals surface area contributed by atoms with Crippen LogP contribution in [-0.2, 0) is 26.2 Å². The Balaban J connectivity index is 2.13. The maximum absolute atomic E-state index is 14.2. The minimum absolute atomic E-state index is 0.0300. The molecule has 0 aliphatic rings. The normalized spacial score (nSPS) is 12.6. The third-order valence-corrected chi connectivity index (χ3v) is 9.59. The highest BCUT2D eigenvalue weighted by molar-refractivity contribution is 7.92. The van der Waals surface area contributed by atoms with Crippen molar-refractivity contribution in [3.63, 3.8) is 0 Å². The lowest BCUT2D eigenvalue weighted by atomic mass is 10.1. The highest BCUT2D eigenvalue weighted by atomic mass is 35.5. The quantitative estimate of drug-likeness (QED) is 0.224. The molecule has 2 amide bonds. The molecule has 0 aliphatic carbocycles. The van der Waals surface area contributed by atoms with E-state index in [1.165, 1.54) is 49.5 Å². The van der Waals surface area contributed by atoms with Gasteiger partial charge in [0.25, 0.3) is 10.0 Å². The lowest BCUT2D eigenvalue weighted by Gasteiger charge is -2.34. The topological polar surface area (TPSA) is 105 Å². The van der Waals surface area contributed by atoms with E-state index in [2.05, 4.69) is 5.32 Å². The van der Waals surface area contributed by atoms with Crippen molar-refractivity contribution in [2.45, 2.75) is 57.1 Å². The van der Waals surface area contributed by atoms with Gasteiger partial charge in [-0.3, -0.25) is 13.9 Å². The molecule has 238 valence electrons. The van der Waals surface area contributed by atoms with Crippen molar-refractivity contribution in [2.24, 2.45) is 0 Å². The lowest BCUT2D eigenvalue weighted by Crippen LogP contribution is -2.53. The van der Waals surface area contributed by atoms with Crippen LogP contribution in [0.3, 0.4) is 0 Å². The predicted molar refractivity (Wildman–Crippen MR) is 169 cm³/mol. The largest absolute Gasteiger partial charge is 0.493 e. The van der Waals surface area contributed by atoms with Gasteiger partial charge in [-0.2, -0.15) is 0 Å². The molecular formula is C31H36Cl2FN3O6S. The maximum atomic E-state index is 14.2. The first-order chi connectivity index (χ1) is 20.9. The molecule has 0 spiro atoms. The summed E-state index contributed by atoms with van der Waals surface area (Å²) in [5.74, 6) is -1.25. The molecule has 0 heterocycles. The second-order valence-electron chi connectivity index (χ2n) is 9.97. The van der Waals surface area contributed by atoms with Gasteiger partial charge < -0.3 is 19.7 Å². The van der Waals surface area contributed by atoms with Crippen molar-refractivity contribution in [1.82, 2.24) is 10.2 Å². The van der Waals surface area contributed by atoms with Gasteiger partial charge >= 0.3 is 0 Å². The minimum Gasteiger partial charge on any atom is -0.493 e. The lowest BCUT2D eigenvalue weighted by molar-refractivity contribution is -0.140. The van der Waals surface area contributed by atoms with Crippen LogP contribution in [0.4, 0.5) is 10.1 Å². The van der Waals surface area contributed by atoms with Gasteiger partial charge in [0.1, 0.15) is 18.4 Å². The summed E-state index contributed by atoms with van der Waals surface area (Å²) in [4.78, 5) is 28.7. The number of nitrogens with one attached hydrogen (secondary N) is 1. The molecule has 3 aromatic rings. The van der Waals surface area contributed by atoms with Crippen molar-refractivity contribution in [1.29, 1.82) is 0 Å². The number of methoxy groups -OCH3 is 2. The molecule has 0 bridgehead atoms. The molecule has 0 saturated carbocycles. The first kappa shape index (κ1) is 34.9. The summed E-state index contributed by atoms with van der Waals surface area (Å²) in [6.07, 6.45) is 0.878. The van der Waals surface area contributed by atoms with Crippen molar-refractivity contribution in [3.05, 3.63) is 82.1 Å². The molecule has 9 nitrogen and oxygen atoms in total. The Morgan fingerprint density at radius 3 is 2.09 bits per heavy atom. The number of carbonyl (C=O) groups is 2. The Labute approximate surface area is 267 Å². The molecule has 2 atom stereocenters. The van der Waals surface area contributed by atoms with Crippen molar-refractivity contribution in [3.8, 4) is 11.5 Å². The maximum Gasteiger partial charge on any atom is 0.264 e. The number of rotatable bonds is 14. The minimum atomic E-state index is -4.44. The summed E-state index contributed by atoms with van der Waals surface area (Å²) in [6.45, 7) is 4.61. The monoisotopic (exact) mass is 667 g/mol. The standard InChI is InChI=1S/C31H36Cl2FN3O6S/c1-6-20(3)35-31(39)27(7-2)36(18-24-25(32)9-8-10-26(24)33)30(38)19-37(22-13-11-21(34)12-14-22)44(40,41)23-15-16-28(42-4)29(17-23)43-5/h8-17,20,27H,6-7,18-19H2,1-5H3,(H,35,39)/t20-,27+/m0/s1. The van der Waals surface area contributed by atoms with Crippen LogP contribution in [0.5, 0.6) is 11.5 Å². The van der Waals surface area contributed by atoms with E-state index in [4.69, 9.17) is 32.7 Å². The highest BCUT2D eigenvalue weighted by Crippen LogP contribution is 2.33. The van der Waals surface area contributed by atoms with E-state index in [1.807, 2.05) is 13.8 Å². The molecule has 0 aliphatic heterocycles. The van der Waals surface area contributed by atoms with E-state index in [-0.39, 0.29) is 45.4 Å². The second kappa shape index (κ2) is 15.5. The molecule has 44 heavy (non-hydrogen) atoms. The molecule has 0 aromatic heterocycles. The van der Waals surface area contributed by atoms with Gasteiger partial charge in [-0.15, -0.1) is 0 Å². The fourth-order valence-electron chi connectivity index (χ4n) is 4.45. The van der Waals surface area contributed by atoms with Gasteiger partial charge in [0.05, 0.1) is 24.8 Å². The van der Waals surface area contributed by atoms with Crippen LogP contribution in [0.1, 0.15) is 39.2 Å². The molecule has 0 saturated heterocycles. The Morgan fingerprint density at radius 2 is 1.55 bits per heavy atom. The summed E-state index contributed by atoms with van der Waals surface area (Å²) in [6, 6.07) is 12.4. The van der Waals surface area contributed by atoms with Gasteiger partial charge in [-0.25, -0.2) is 12.8 Å². The fourth-order valence-corrected chi connectivity index (χ4v) is 6.40. The Bertz CT molecular complexity index is 1550. The predicted octanol–water partition coefficient (Wildman–Crippen LogP) is 6.07. The van der Waals surface area contributed by atoms with Crippen LogP contribution >= 0.6 is 23.2 Å². The molecular weight excluding hydrogens is 632 g/mol. The molecule has 3 rings (SSSR count). The van der Waals surface area contributed by atoms with Gasteiger partial charge in [0.2, 0.25) is 11.8 Å². The number of anilines is 1. The van der Waals surface area contributed by atoms with Crippen molar-refractivity contribution >= 4 is 50.7 Å². The smallest absolute Gasteiger partial charge is 0.264 e. The Kier molecular flexibility index (Phi) is 12.3. The third-order valence-electron chi connectivity index (χ3n) is 7.11. The highest BCUT2D eigenvalue weighted by Gasteiger charge is 2.35. The number of amides is 2. The van der Waals surface area contributed by atoms with E-state index >= 15 is 0 Å². The van der Waals surface area contributed by atoms with Crippen molar-refractivity contribution < 1.29 is 31.9 Å². The summed E-state index contributed by atoms with van der Waals surface area (Å²) < 4.78 is 53.5. The van der Waals surface area contributed by atoms with E-state index in [0.717, 1.165) is 16.4 Å². The average molecular weight is 669 g/mol. The van der Waals surface area contributed by atoms with Crippen LogP contribution in [0.25, 0.3) is 0 Å². The average Bonchev–Trinajstić information content (AvgIpc) is 3.00. The van der Waals surface area contributed by atoms with Gasteiger partial charge in [0.15, 0.2) is 11.5 Å². The fraction of sp³-hybridized carbons (Fsp3) is 0.355. The molecule has 0 fully saturated rings. The zero-order chi connectivity index (χ0) is 32.6. The number of hydrogen-bond donors (Lipinski definition) is 1. The van der Waals surface area contributed by atoms with Crippen molar-refractivity contribution in [2.75, 3.05) is 25.1 Å². The van der Waals surface area contributed by atoms with Crippen LogP contribution in [0.2, 0.25) is 10.0 Å². The molecule has 0 unspecified atom stereocenters. The zero-order valence-corrected chi connectivity index (χ0v) is 27.5. The number of nitrogens with zero attached hydrogens (tertiary/aromatic N) is 2. The SMILES string of the molecule is CC[C@H](C(=O)N[C@@H](C)CC)N(Cc1c(Cl)cccc1Cl)C(=O)CN(c1ccc(F)cc1)S(=O)(=O)c1ccc(OC)c(OC)c1. The van der Waals surface area contributed by atoms with Gasteiger partial charge in [-0.05, 0) is 68.3 Å². The number of halogens is 3. The third kappa shape index (κ3) is 8.13. The van der Waals surface area contributed by atoms with Crippen LogP contribution in [-0.4, -0.2) is 58.0 Å². The van der Waals surface area contributed by atoms with E-state index < -0.39 is 40.2 Å². The van der Waals surface area contributed by atoms with Crippen LogP contribution in [0.15, 0.2) is 65.6 Å². The Hall–Kier alpha value is -3.54. The van der Waals surface area contributed by atoms with E-state index in [0.29, 0.717) is 17.7 Å². The summed E-state index contributed by atoms with van der Waals surface area (Å²) in [7, 11) is -1.67. The summed E-state index contributed by atoms with van der Waals surface area (Å²) in [5.41, 5.74) is 0.428. The number of ether oxygens (including phenoxy) is 2. The summed E-state index contributed by atoms with van der Waals surface area (Å²) in [5, 5.41) is 3.46. The van der Waals surface area contributed by atoms with Crippen LogP contribution in [0, 0.1) is 5.82 Å². The number of sulfonamides is 1. The van der Waals surface area contributed by atoms with Gasteiger partial charge in [0, 0.05) is 34.3 Å². The number of hydrogen-bond acceptors (Lipinski definition) is 6. The first-order valence-electron chi connectivity index (χ1n) is 13.9. The molecule has 0 radical (unpaired) electrons. The molecule has 1 N–H and O–H groups in total. The zero-order valence-electron chi connectivity index (χ0n) is 25.1. The first-order valence-corrected chi connectivity index (χ1v) is 16.1. The van der Waals surface area contributed by atoms with E-state index in [1.54, 1.807) is 25.1 Å².